The second kappa shape index (κ2) is 7.31. The summed E-state index contributed by atoms with van der Waals surface area (Å²) in [5.74, 6) is -0.391. The molecule has 0 aliphatic carbocycles. The summed E-state index contributed by atoms with van der Waals surface area (Å²) in [6, 6.07) is 4.67. The Kier molecular flexibility index (Phi) is 6.04. The number of nitrogens with two attached hydrogens (primary N) is 1. The molecule has 0 aliphatic rings. The molecule has 1 rings (SSSR count). The van der Waals surface area contributed by atoms with E-state index in [0.717, 1.165) is 12.1 Å². The van der Waals surface area contributed by atoms with Gasteiger partial charge in [0.05, 0.1) is 6.54 Å². The number of nitrogens with zero attached hydrogens (tertiary/aromatic N) is 2. The Balaban J connectivity index is 2.82. The van der Waals surface area contributed by atoms with Crippen LogP contribution in [0.4, 0.5) is 4.39 Å². The van der Waals surface area contributed by atoms with Crippen molar-refractivity contribution in [2.45, 2.75) is 13.5 Å². The number of rotatable bonds is 6. The predicted octanol–water partition coefficient (Wildman–Crippen LogP) is 1.37. The maximum Gasteiger partial charge on any atom is 0.236 e. The molecule has 0 radical (unpaired) electrons. The van der Waals surface area contributed by atoms with Crippen LogP contribution < -0.4 is 5.73 Å². The fraction of sp³-hybridized carbons (Fsp3) is 0.429. The van der Waals surface area contributed by atoms with E-state index in [1.807, 2.05) is 11.8 Å². The molecule has 4 nitrogen and oxygen atoms in total. The van der Waals surface area contributed by atoms with Crippen LogP contribution in [-0.2, 0) is 11.3 Å². The summed E-state index contributed by atoms with van der Waals surface area (Å²) >= 11 is 4.82. The third-order valence-electron chi connectivity index (χ3n) is 3.01. The number of thiocarbonyl (C=S) groups is 1. The summed E-state index contributed by atoms with van der Waals surface area (Å²) in [6.07, 6.45) is 0. The van der Waals surface area contributed by atoms with Gasteiger partial charge in [0.25, 0.3) is 0 Å². The summed E-state index contributed by atoms with van der Waals surface area (Å²) in [5.41, 5.74) is 6.60. The van der Waals surface area contributed by atoms with Crippen LogP contribution in [0.2, 0.25) is 0 Å². The minimum absolute atomic E-state index is 0.0310. The largest absolute Gasteiger partial charge is 0.389 e. The number of amides is 1. The highest BCUT2D eigenvalue weighted by molar-refractivity contribution is 7.80. The molecule has 0 fully saturated rings. The predicted molar refractivity (Wildman–Crippen MR) is 81.9 cm³/mol. The van der Waals surface area contributed by atoms with Crippen molar-refractivity contribution in [3.8, 4) is 0 Å². The van der Waals surface area contributed by atoms with Crippen molar-refractivity contribution >= 4 is 23.1 Å². The first kappa shape index (κ1) is 16.5. The molecule has 110 valence electrons. The monoisotopic (exact) mass is 297 g/mol. The number of carbonyl (C=O) groups excluding carboxylic acids is 1. The zero-order valence-corrected chi connectivity index (χ0v) is 12.8. The second-order valence-electron chi connectivity index (χ2n) is 4.77. The zero-order chi connectivity index (χ0) is 15.3. The summed E-state index contributed by atoms with van der Waals surface area (Å²) in [4.78, 5) is 15.3. The number of likely N-dealkylation sites (N-methyl/N-ethyl adjacent to an activating group) is 2. The lowest BCUT2D eigenvalue weighted by molar-refractivity contribution is -0.130. The highest BCUT2D eigenvalue weighted by Gasteiger charge is 2.13. The number of carbonyl (C=O) groups is 1. The van der Waals surface area contributed by atoms with Gasteiger partial charge in [-0.3, -0.25) is 9.69 Å². The van der Waals surface area contributed by atoms with Crippen molar-refractivity contribution in [3.63, 3.8) is 0 Å². The molecule has 1 amide bonds. The van der Waals surface area contributed by atoms with Crippen molar-refractivity contribution < 1.29 is 9.18 Å². The first-order chi connectivity index (χ1) is 9.35. The molecule has 1 aromatic rings. The molecule has 1 aromatic carbocycles. The Bertz CT molecular complexity index is 505. The molecule has 0 atom stereocenters. The van der Waals surface area contributed by atoms with Crippen LogP contribution in [0.5, 0.6) is 0 Å². The van der Waals surface area contributed by atoms with Crippen LogP contribution in [0, 0.1) is 5.82 Å². The standard InChI is InChI=1S/C14H20FN3OS/c1-4-18(9-13(19)17(2)3)8-10-5-6-12(15)11(7-10)14(16)20/h5-7H,4,8-9H2,1-3H3,(H2,16,20). The molecule has 0 aromatic heterocycles. The minimum Gasteiger partial charge on any atom is -0.389 e. The van der Waals surface area contributed by atoms with Gasteiger partial charge < -0.3 is 10.6 Å². The lowest BCUT2D eigenvalue weighted by Gasteiger charge is -2.22. The van der Waals surface area contributed by atoms with Gasteiger partial charge >= 0.3 is 0 Å². The molecule has 0 aliphatic heterocycles. The van der Waals surface area contributed by atoms with E-state index in [4.69, 9.17) is 18.0 Å². The Hall–Kier alpha value is -1.53. The van der Waals surface area contributed by atoms with E-state index < -0.39 is 5.82 Å². The number of hydrogen-bond donors (Lipinski definition) is 1. The highest BCUT2D eigenvalue weighted by atomic mass is 32.1. The van der Waals surface area contributed by atoms with Crippen LogP contribution in [-0.4, -0.2) is 47.9 Å². The van der Waals surface area contributed by atoms with Gasteiger partial charge in [-0.05, 0) is 24.2 Å². The van der Waals surface area contributed by atoms with E-state index in [9.17, 15) is 9.18 Å². The van der Waals surface area contributed by atoms with Gasteiger partial charge in [-0.2, -0.15) is 0 Å². The van der Waals surface area contributed by atoms with Gasteiger partial charge in [-0.1, -0.05) is 25.2 Å². The summed E-state index contributed by atoms with van der Waals surface area (Å²) in [5, 5.41) is 0. The fourth-order valence-electron chi connectivity index (χ4n) is 1.73. The molecule has 20 heavy (non-hydrogen) atoms. The zero-order valence-electron chi connectivity index (χ0n) is 12.0. The van der Waals surface area contributed by atoms with Crippen LogP contribution in [0.25, 0.3) is 0 Å². The van der Waals surface area contributed by atoms with Crippen molar-refractivity contribution in [2.24, 2.45) is 5.73 Å². The third-order valence-corrected chi connectivity index (χ3v) is 3.23. The molecule has 0 heterocycles. The van der Waals surface area contributed by atoms with Gasteiger partial charge in [0.15, 0.2) is 0 Å². The fourth-order valence-corrected chi connectivity index (χ4v) is 1.89. The van der Waals surface area contributed by atoms with E-state index >= 15 is 0 Å². The quantitative estimate of drug-likeness (QED) is 0.806. The van der Waals surface area contributed by atoms with E-state index in [0.29, 0.717) is 13.1 Å². The maximum absolute atomic E-state index is 13.5. The average Bonchev–Trinajstić information content (AvgIpc) is 2.39. The van der Waals surface area contributed by atoms with Crippen LogP contribution in [0.3, 0.4) is 0 Å². The second-order valence-corrected chi connectivity index (χ2v) is 5.21. The lowest BCUT2D eigenvalue weighted by atomic mass is 10.1. The van der Waals surface area contributed by atoms with Gasteiger partial charge in [0, 0.05) is 26.2 Å². The molecular weight excluding hydrogens is 277 g/mol. The van der Waals surface area contributed by atoms with Gasteiger partial charge in [0.2, 0.25) is 5.91 Å². The van der Waals surface area contributed by atoms with E-state index in [1.54, 1.807) is 31.1 Å². The molecular formula is C14H20FN3OS. The van der Waals surface area contributed by atoms with Crippen LogP contribution in [0.15, 0.2) is 18.2 Å². The number of benzene rings is 1. The van der Waals surface area contributed by atoms with Crippen LogP contribution >= 0.6 is 12.2 Å². The SMILES string of the molecule is CCN(CC(=O)N(C)C)Cc1ccc(F)c(C(N)=S)c1. The Morgan fingerprint density at radius 1 is 1.40 bits per heavy atom. The number of halogens is 1. The van der Waals surface area contributed by atoms with Crippen molar-refractivity contribution in [1.29, 1.82) is 0 Å². The van der Waals surface area contributed by atoms with Crippen molar-refractivity contribution in [2.75, 3.05) is 27.2 Å². The normalized spacial score (nSPS) is 10.7. The highest BCUT2D eigenvalue weighted by Crippen LogP contribution is 2.12. The van der Waals surface area contributed by atoms with E-state index in [2.05, 4.69) is 0 Å². The van der Waals surface area contributed by atoms with Gasteiger partial charge in [0.1, 0.15) is 10.8 Å². The first-order valence-electron chi connectivity index (χ1n) is 6.35. The number of hydrogen-bond acceptors (Lipinski definition) is 3. The average molecular weight is 297 g/mol. The molecule has 0 bridgehead atoms. The summed E-state index contributed by atoms with van der Waals surface area (Å²) < 4.78 is 13.5. The minimum atomic E-state index is -0.423. The Morgan fingerprint density at radius 3 is 2.55 bits per heavy atom. The van der Waals surface area contributed by atoms with Crippen molar-refractivity contribution in [1.82, 2.24) is 9.80 Å². The van der Waals surface area contributed by atoms with Crippen LogP contribution in [0.1, 0.15) is 18.1 Å². The lowest BCUT2D eigenvalue weighted by Crippen LogP contribution is -2.36. The topological polar surface area (TPSA) is 49.6 Å². The third kappa shape index (κ3) is 4.54. The summed E-state index contributed by atoms with van der Waals surface area (Å²) in [7, 11) is 3.44. The first-order valence-corrected chi connectivity index (χ1v) is 6.76. The maximum atomic E-state index is 13.5. The van der Waals surface area contributed by atoms with Gasteiger partial charge in [-0.15, -0.1) is 0 Å². The smallest absolute Gasteiger partial charge is 0.236 e. The Morgan fingerprint density at radius 2 is 2.05 bits per heavy atom. The van der Waals surface area contributed by atoms with E-state index in [1.165, 1.54) is 6.07 Å². The van der Waals surface area contributed by atoms with Crippen molar-refractivity contribution in [3.05, 3.63) is 35.1 Å². The molecule has 0 saturated heterocycles. The molecule has 0 saturated carbocycles. The Labute approximate surface area is 124 Å². The molecule has 6 heteroatoms. The molecule has 2 N–H and O–H groups in total. The molecule has 0 unspecified atom stereocenters. The summed E-state index contributed by atoms with van der Waals surface area (Å²) in [6.45, 7) is 3.57. The van der Waals surface area contributed by atoms with Gasteiger partial charge in [-0.25, -0.2) is 4.39 Å². The van der Waals surface area contributed by atoms with E-state index in [-0.39, 0.29) is 16.5 Å². The molecule has 0 spiro atoms.